The second-order valence-corrected chi connectivity index (χ2v) is 9.06. The van der Waals surface area contributed by atoms with Gasteiger partial charge in [0.15, 0.2) is 6.23 Å². The highest BCUT2D eigenvalue weighted by Crippen LogP contribution is 2.31. The monoisotopic (exact) mass is 534 g/mol. The van der Waals surface area contributed by atoms with Crippen LogP contribution in [0.15, 0.2) is 71.7 Å². The molecule has 0 unspecified atom stereocenters. The summed E-state index contributed by atoms with van der Waals surface area (Å²) in [5.41, 5.74) is 0.329. The van der Waals surface area contributed by atoms with Crippen LogP contribution in [0.5, 0.6) is 0 Å². The molecule has 3 heterocycles. The Morgan fingerprint density at radius 1 is 1.00 bits per heavy atom. The molecule has 1 aromatic heterocycles. The van der Waals surface area contributed by atoms with Gasteiger partial charge < -0.3 is 25.0 Å². The Kier molecular flexibility index (Phi) is 7.61. The van der Waals surface area contributed by atoms with Crippen LogP contribution < -0.4 is 11.0 Å². The number of hydrogen-bond donors (Lipinski definition) is 3. The Bertz CT molecular complexity index is 1410. The van der Waals surface area contributed by atoms with E-state index in [4.69, 9.17) is 9.47 Å². The van der Waals surface area contributed by atoms with Crippen molar-refractivity contribution < 1.29 is 34.1 Å². The average molecular weight is 535 g/mol. The van der Waals surface area contributed by atoms with E-state index in [2.05, 4.69) is 10.3 Å². The van der Waals surface area contributed by atoms with E-state index in [9.17, 15) is 29.4 Å². The van der Waals surface area contributed by atoms with Crippen LogP contribution in [-0.2, 0) is 9.47 Å². The van der Waals surface area contributed by atoms with Crippen molar-refractivity contribution >= 4 is 23.5 Å². The SMILES string of the molecule is O=C(Nc1ccn([C@@H]2O[C@H](CO)[C@@H](O)[C@H]2OCCCN2C(=O)c3ccccc3C2=O)c(=O)n1)c1ccccc1. The molecule has 202 valence electrons. The summed E-state index contributed by atoms with van der Waals surface area (Å²) in [7, 11) is 0. The molecule has 2 aliphatic rings. The first-order chi connectivity index (χ1) is 18.9. The highest BCUT2D eigenvalue weighted by atomic mass is 16.6. The predicted octanol–water partition coefficient (Wildman–Crippen LogP) is 0.818. The number of aliphatic hydroxyl groups excluding tert-OH is 2. The predicted molar refractivity (Wildman–Crippen MR) is 136 cm³/mol. The Morgan fingerprint density at radius 2 is 1.67 bits per heavy atom. The fourth-order valence-corrected chi connectivity index (χ4v) is 4.61. The van der Waals surface area contributed by atoms with E-state index in [1.54, 1.807) is 54.6 Å². The number of fused-ring (bicyclic) bond motifs is 1. The first kappa shape index (κ1) is 26.4. The molecule has 4 atom stereocenters. The third-order valence-electron chi connectivity index (χ3n) is 6.59. The summed E-state index contributed by atoms with van der Waals surface area (Å²) in [5.74, 6) is -1.17. The number of carbonyl (C=O) groups is 3. The first-order valence-corrected chi connectivity index (χ1v) is 12.4. The molecule has 39 heavy (non-hydrogen) atoms. The maximum Gasteiger partial charge on any atom is 0.351 e. The van der Waals surface area contributed by atoms with Crippen molar-refractivity contribution in [2.24, 2.45) is 0 Å². The third-order valence-corrected chi connectivity index (χ3v) is 6.59. The number of rotatable bonds is 9. The lowest BCUT2D eigenvalue weighted by Crippen LogP contribution is -2.39. The summed E-state index contributed by atoms with van der Waals surface area (Å²) in [5, 5.41) is 22.8. The van der Waals surface area contributed by atoms with E-state index in [-0.39, 0.29) is 37.2 Å². The van der Waals surface area contributed by atoms with Gasteiger partial charge in [0.2, 0.25) is 0 Å². The number of nitrogens with one attached hydrogen (secondary N) is 1. The normalized spacial score (nSPS) is 22.3. The van der Waals surface area contributed by atoms with Gasteiger partial charge in [0.05, 0.1) is 17.7 Å². The molecule has 2 aliphatic heterocycles. The van der Waals surface area contributed by atoms with Crippen molar-refractivity contribution in [2.75, 3.05) is 25.1 Å². The molecule has 12 nitrogen and oxygen atoms in total. The number of hydrogen-bond acceptors (Lipinski definition) is 9. The molecule has 2 aromatic carbocycles. The lowest BCUT2D eigenvalue weighted by atomic mass is 10.1. The highest BCUT2D eigenvalue weighted by Gasteiger charge is 2.45. The van der Waals surface area contributed by atoms with Crippen molar-refractivity contribution in [1.29, 1.82) is 0 Å². The average Bonchev–Trinajstić information content (AvgIpc) is 3.39. The largest absolute Gasteiger partial charge is 0.394 e. The van der Waals surface area contributed by atoms with Gasteiger partial charge in [-0.3, -0.25) is 23.9 Å². The van der Waals surface area contributed by atoms with Gasteiger partial charge in [0.1, 0.15) is 24.1 Å². The minimum absolute atomic E-state index is 0.0283. The molecule has 0 bridgehead atoms. The van der Waals surface area contributed by atoms with Gasteiger partial charge in [-0.2, -0.15) is 4.98 Å². The minimum atomic E-state index is -1.26. The number of amides is 3. The molecule has 12 heteroatoms. The van der Waals surface area contributed by atoms with Gasteiger partial charge in [-0.1, -0.05) is 30.3 Å². The van der Waals surface area contributed by atoms with E-state index < -0.39 is 42.7 Å². The lowest BCUT2D eigenvalue weighted by molar-refractivity contribution is -0.0750. The Hall–Kier alpha value is -4.23. The van der Waals surface area contributed by atoms with Crippen LogP contribution in [0.4, 0.5) is 5.82 Å². The van der Waals surface area contributed by atoms with Crippen molar-refractivity contribution in [3.63, 3.8) is 0 Å². The molecule has 3 N–H and O–H groups in total. The van der Waals surface area contributed by atoms with Crippen molar-refractivity contribution in [2.45, 2.75) is 31.0 Å². The zero-order chi connectivity index (χ0) is 27.5. The summed E-state index contributed by atoms with van der Waals surface area (Å²) < 4.78 is 12.6. The molecule has 3 amide bonds. The zero-order valence-corrected chi connectivity index (χ0v) is 20.7. The number of aromatic nitrogens is 2. The van der Waals surface area contributed by atoms with Gasteiger partial charge in [0, 0.05) is 24.9 Å². The molecule has 0 radical (unpaired) electrons. The summed E-state index contributed by atoms with van der Waals surface area (Å²) in [4.78, 5) is 55.3. The molecule has 0 saturated carbocycles. The maximum absolute atomic E-state index is 12.8. The van der Waals surface area contributed by atoms with Crippen LogP contribution >= 0.6 is 0 Å². The zero-order valence-electron chi connectivity index (χ0n) is 20.7. The molecule has 1 fully saturated rings. The van der Waals surface area contributed by atoms with Crippen LogP contribution in [0.3, 0.4) is 0 Å². The van der Waals surface area contributed by atoms with Crippen molar-refractivity contribution in [1.82, 2.24) is 14.5 Å². The van der Waals surface area contributed by atoms with Crippen LogP contribution in [-0.4, -0.2) is 80.5 Å². The van der Waals surface area contributed by atoms with E-state index >= 15 is 0 Å². The topological polar surface area (TPSA) is 160 Å². The minimum Gasteiger partial charge on any atom is -0.394 e. The molecule has 5 rings (SSSR count). The third kappa shape index (κ3) is 5.22. The number of imide groups is 1. The first-order valence-electron chi connectivity index (χ1n) is 12.4. The second-order valence-electron chi connectivity index (χ2n) is 9.06. The highest BCUT2D eigenvalue weighted by molar-refractivity contribution is 6.21. The molecule has 3 aromatic rings. The van der Waals surface area contributed by atoms with Gasteiger partial charge in [-0.05, 0) is 36.8 Å². The smallest absolute Gasteiger partial charge is 0.351 e. The van der Waals surface area contributed by atoms with Gasteiger partial charge in [0.25, 0.3) is 17.7 Å². The van der Waals surface area contributed by atoms with Crippen molar-refractivity contribution in [3.8, 4) is 0 Å². The Balaban J connectivity index is 1.23. The molecular formula is C27H26N4O8. The lowest BCUT2D eigenvalue weighted by Gasteiger charge is -2.23. The van der Waals surface area contributed by atoms with Crippen molar-refractivity contribution in [3.05, 3.63) is 94.0 Å². The number of anilines is 1. The quantitative estimate of drug-likeness (QED) is 0.267. The second kappa shape index (κ2) is 11.3. The fourth-order valence-electron chi connectivity index (χ4n) is 4.61. The number of aliphatic hydroxyl groups is 2. The standard InChI is InChI=1S/C27H26N4O8/c32-15-19-21(33)22(38-14-6-12-30-24(35)17-9-4-5-10-18(17)25(30)36)26(39-19)31-13-11-20(29-27(31)37)28-23(34)16-7-2-1-3-8-16/h1-5,7-11,13,19,21-22,26,32-33H,6,12,14-15H2,(H,28,29,34,37)/t19-,21-,22-,26-/m1/s1. The summed E-state index contributed by atoms with van der Waals surface area (Å²) in [6.45, 7) is -0.387. The molecule has 0 aliphatic carbocycles. The Labute approximate surface area is 222 Å². The van der Waals surface area contributed by atoms with Crippen LogP contribution in [0.25, 0.3) is 0 Å². The van der Waals surface area contributed by atoms with Crippen LogP contribution in [0.1, 0.15) is 43.7 Å². The number of nitrogens with zero attached hydrogens (tertiary/aromatic N) is 3. The number of carbonyl (C=O) groups excluding carboxylic acids is 3. The van der Waals surface area contributed by atoms with Crippen LogP contribution in [0, 0.1) is 0 Å². The van der Waals surface area contributed by atoms with Crippen LogP contribution in [0.2, 0.25) is 0 Å². The number of ether oxygens (including phenoxy) is 2. The molecular weight excluding hydrogens is 508 g/mol. The van der Waals surface area contributed by atoms with E-state index in [0.29, 0.717) is 16.7 Å². The Morgan fingerprint density at radius 3 is 2.31 bits per heavy atom. The van der Waals surface area contributed by atoms with E-state index in [1.807, 2.05) is 0 Å². The summed E-state index contributed by atoms with van der Waals surface area (Å²) >= 11 is 0. The fraction of sp³-hybridized carbons (Fsp3) is 0.296. The molecule has 0 spiro atoms. The van der Waals surface area contributed by atoms with Gasteiger partial charge in [-0.15, -0.1) is 0 Å². The van der Waals surface area contributed by atoms with Gasteiger partial charge >= 0.3 is 5.69 Å². The van der Waals surface area contributed by atoms with E-state index in [1.165, 1.54) is 12.3 Å². The molecule has 1 saturated heterocycles. The summed E-state index contributed by atoms with van der Waals surface area (Å²) in [6.07, 6.45) is -2.82. The maximum atomic E-state index is 12.8. The van der Waals surface area contributed by atoms with E-state index in [0.717, 1.165) is 9.47 Å². The number of benzene rings is 2. The van der Waals surface area contributed by atoms with Gasteiger partial charge in [-0.25, -0.2) is 4.79 Å². The summed E-state index contributed by atoms with van der Waals surface area (Å²) in [6, 6.07) is 16.4.